The lowest BCUT2D eigenvalue weighted by Crippen LogP contribution is -1.98. The molecule has 0 N–H and O–H groups in total. The monoisotopic (exact) mass is 710 g/mol. The van der Waals surface area contributed by atoms with E-state index in [0.29, 0.717) is 5.82 Å². The van der Waals surface area contributed by atoms with Gasteiger partial charge in [-0.1, -0.05) is 188 Å². The fourth-order valence-corrected chi connectivity index (χ4v) is 8.61. The highest BCUT2D eigenvalue weighted by Crippen LogP contribution is 2.41. The van der Waals surface area contributed by atoms with Gasteiger partial charge in [-0.15, -0.1) is 0 Å². The molecule has 1 aromatic heterocycles. The molecule has 2 nitrogen and oxygen atoms in total. The number of aromatic nitrogens is 2. The minimum absolute atomic E-state index is 0.693. The fraction of sp³-hybridized carbons (Fsp3) is 0. The molecule has 0 fully saturated rings. The molecule has 0 aliphatic heterocycles. The topological polar surface area (TPSA) is 25.8 Å². The molecule has 10 aromatic carbocycles. The third-order valence-corrected chi connectivity index (χ3v) is 11.3. The van der Waals surface area contributed by atoms with Crippen molar-refractivity contribution < 1.29 is 0 Å². The molecule has 0 amide bonds. The van der Waals surface area contributed by atoms with E-state index < -0.39 is 0 Å². The molecule has 0 saturated heterocycles. The van der Waals surface area contributed by atoms with E-state index >= 15 is 0 Å². The summed E-state index contributed by atoms with van der Waals surface area (Å²) in [7, 11) is 0. The Morgan fingerprint density at radius 3 is 1.54 bits per heavy atom. The van der Waals surface area contributed by atoms with Gasteiger partial charge in [0.25, 0.3) is 0 Å². The van der Waals surface area contributed by atoms with Crippen molar-refractivity contribution in [3.05, 3.63) is 206 Å². The quantitative estimate of drug-likeness (QED) is 0.131. The second kappa shape index (κ2) is 13.2. The van der Waals surface area contributed by atoms with Gasteiger partial charge in [0.15, 0.2) is 5.82 Å². The van der Waals surface area contributed by atoms with Crippen molar-refractivity contribution in [2.45, 2.75) is 0 Å². The van der Waals surface area contributed by atoms with Crippen molar-refractivity contribution in [1.29, 1.82) is 0 Å². The Morgan fingerprint density at radius 1 is 0.250 bits per heavy atom. The SMILES string of the molecule is c1ccc(-c2ccccc2-c2cc(-c3cc4ccccc4c4ccccc34)nc(-c3ccc(-c4c5ccccc5cc5c4ccc4ccccc45)cc3)n2)cc1. The first kappa shape index (κ1) is 32.0. The molecule has 0 spiro atoms. The Hall–Kier alpha value is -7.42. The Labute approximate surface area is 325 Å². The Balaban J connectivity index is 1.13. The van der Waals surface area contributed by atoms with E-state index in [-0.39, 0.29) is 0 Å². The summed E-state index contributed by atoms with van der Waals surface area (Å²) in [4.78, 5) is 10.7. The van der Waals surface area contributed by atoms with E-state index in [9.17, 15) is 0 Å². The molecule has 11 rings (SSSR count). The molecule has 0 aliphatic carbocycles. The van der Waals surface area contributed by atoms with E-state index in [4.69, 9.17) is 9.97 Å². The molecule has 1 heterocycles. The summed E-state index contributed by atoms with van der Waals surface area (Å²) in [6.45, 7) is 0. The summed E-state index contributed by atoms with van der Waals surface area (Å²) in [6, 6.07) is 74.0. The number of rotatable bonds is 5. The highest BCUT2D eigenvalue weighted by atomic mass is 14.9. The van der Waals surface area contributed by atoms with Crippen LogP contribution in [0.4, 0.5) is 0 Å². The molecule has 0 bridgehead atoms. The number of hydrogen-bond donors (Lipinski definition) is 0. The number of nitrogens with zero attached hydrogens (tertiary/aromatic N) is 2. The van der Waals surface area contributed by atoms with Gasteiger partial charge >= 0.3 is 0 Å². The highest BCUT2D eigenvalue weighted by Gasteiger charge is 2.18. The van der Waals surface area contributed by atoms with Crippen LogP contribution in [-0.2, 0) is 0 Å². The first-order valence-electron chi connectivity index (χ1n) is 19.2. The Kier molecular flexibility index (Phi) is 7.53. The highest BCUT2D eigenvalue weighted by molar-refractivity contribution is 6.20. The molecule has 0 radical (unpaired) electrons. The molecule has 0 saturated carbocycles. The van der Waals surface area contributed by atoms with Crippen LogP contribution >= 0.6 is 0 Å². The molecule has 0 aliphatic rings. The summed E-state index contributed by atoms with van der Waals surface area (Å²) in [5.41, 5.74) is 9.60. The summed E-state index contributed by atoms with van der Waals surface area (Å²) < 4.78 is 0. The predicted octanol–water partition coefficient (Wildman–Crippen LogP) is 14.6. The molecule has 0 atom stereocenters. The zero-order chi connectivity index (χ0) is 37.0. The zero-order valence-corrected chi connectivity index (χ0v) is 30.5. The number of benzene rings is 10. The van der Waals surface area contributed by atoms with Gasteiger partial charge in [0.2, 0.25) is 0 Å². The van der Waals surface area contributed by atoms with Crippen LogP contribution in [0.3, 0.4) is 0 Å². The second-order valence-electron chi connectivity index (χ2n) is 14.5. The number of fused-ring (bicyclic) bond motifs is 7. The minimum Gasteiger partial charge on any atom is -0.228 e. The molecule has 11 aromatic rings. The van der Waals surface area contributed by atoms with E-state index in [1.807, 2.05) is 0 Å². The largest absolute Gasteiger partial charge is 0.228 e. The van der Waals surface area contributed by atoms with E-state index in [1.165, 1.54) is 59.4 Å². The van der Waals surface area contributed by atoms with E-state index in [1.54, 1.807) is 0 Å². The van der Waals surface area contributed by atoms with Crippen LogP contribution in [0.5, 0.6) is 0 Å². The van der Waals surface area contributed by atoms with Crippen LogP contribution in [0.1, 0.15) is 0 Å². The van der Waals surface area contributed by atoms with Crippen molar-refractivity contribution >= 4 is 53.9 Å². The molecular weight excluding hydrogens is 677 g/mol. The van der Waals surface area contributed by atoms with Gasteiger partial charge in [-0.25, -0.2) is 9.97 Å². The summed E-state index contributed by atoms with van der Waals surface area (Å²) in [6.07, 6.45) is 0. The fourth-order valence-electron chi connectivity index (χ4n) is 8.61. The van der Waals surface area contributed by atoms with Crippen LogP contribution in [0.25, 0.3) is 110 Å². The third kappa shape index (κ3) is 5.34. The first-order valence-corrected chi connectivity index (χ1v) is 19.2. The van der Waals surface area contributed by atoms with Crippen LogP contribution in [0, 0.1) is 0 Å². The lowest BCUT2D eigenvalue weighted by molar-refractivity contribution is 1.19. The number of hydrogen-bond acceptors (Lipinski definition) is 2. The van der Waals surface area contributed by atoms with Gasteiger partial charge in [-0.05, 0) is 94.3 Å². The van der Waals surface area contributed by atoms with Gasteiger partial charge in [0.1, 0.15) is 0 Å². The van der Waals surface area contributed by atoms with Crippen LogP contribution in [0.2, 0.25) is 0 Å². The van der Waals surface area contributed by atoms with Crippen molar-refractivity contribution in [1.82, 2.24) is 9.97 Å². The van der Waals surface area contributed by atoms with Gasteiger partial charge in [0, 0.05) is 16.7 Å². The molecule has 260 valence electrons. The normalized spacial score (nSPS) is 11.6. The van der Waals surface area contributed by atoms with Crippen molar-refractivity contribution in [3.63, 3.8) is 0 Å². The predicted molar refractivity (Wildman–Crippen MR) is 237 cm³/mol. The van der Waals surface area contributed by atoms with Crippen LogP contribution in [0.15, 0.2) is 206 Å². The van der Waals surface area contributed by atoms with Gasteiger partial charge in [-0.3, -0.25) is 0 Å². The molecule has 2 heteroatoms. The van der Waals surface area contributed by atoms with E-state index in [2.05, 4.69) is 206 Å². The second-order valence-corrected chi connectivity index (χ2v) is 14.5. The Morgan fingerprint density at radius 2 is 0.786 bits per heavy atom. The molecular formula is C54H34N2. The maximum atomic E-state index is 5.38. The third-order valence-electron chi connectivity index (χ3n) is 11.3. The van der Waals surface area contributed by atoms with Crippen LogP contribution < -0.4 is 0 Å². The average molecular weight is 711 g/mol. The average Bonchev–Trinajstić information content (AvgIpc) is 3.28. The van der Waals surface area contributed by atoms with Gasteiger partial charge in [-0.2, -0.15) is 0 Å². The van der Waals surface area contributed by atoms with Gasteiger partial charge < -0.3 is 0 Å². The lowest BCUT2D eigenvalue weighted by atomic mass is 9.89. The summed E-state index contributed by atoms with van der Waals surface area (Å²) >= 11 is 0. The first-order chi connectivity index (χ1) is 27.8. The summed E-state index contributed by atoms with van der Waals surface area (Å²) in [5, 5.41) is 12.3. The maximum Gasteiger partial charge on any atom is 0.160 e. The van der Waals surface area contributed by atoms with Crippen molar-refractivity contribution in [3.8, 4) is 56.2 Å². The standard InChI is InChI=1S/C54H34N2/c1-2-14-35(15-3-1)41-19-10-13-25-47(41)51-34-52(50-33-39-17-5-8-21-43(39)45-23-11-12-24-46(45)50)56-54(55-51)38-28-26-37(27-29-38)53-44-22-9-6-18-40(44)32-49-42-20-7-4-16-36(42)30-31-48(49)53/h1-34H. The summed E-state index contributed by atoms with van der Waals surface area (Å²) in [5.74, 6) is 0.693. The minimum atomic E-state index is 0.693. The smallest absolute Gasteiger partial charge is 0.160 e. The van der Waals surface area contributed by atoms with Crippen molar-refractivity contribution in [2.75, 3.05) is 0 Å². The Bertz CT molecular complexity index is 3290. The maximum absolute atomic E-state index is 5.38. The molecule has 0 unspecified atom stereocenters. The van der Waals surface area contributed by atoms with E-state index in [0.717, 1.165) is 44.8 Å². The lowest BCUT2D eigenvalue weighted by Gasteiger charge is -2.16. The zero-order valence-electron chi connectivity index (χ0n) is 30.5. The van der Waals surface area contributed by atoms with Crippen molar-refractivity contribution in [2.24, 2.45) is 0 Å². The molecule has 56 heavy (non-hydrogen) atoms. The van der Waals surface area contributed by atoms with Gasteiger partial charge in [0.05, 0.1) is 11.4 Å². The van der Waals surface area contributed by atoms with Crippen LogP contribution in [-0.4, -0.2) is 9.97 Å².